The fourth-order valence-electron chi connectivity index (χ4n) is 8.36. The number of hydrogen-bond donors (Lipinski definition) is 1. The number of carbonyl (C=O) groups excluding carboxylic acids is 1. The zero-order chi connectivity index (χ0) is 36.9. The third-order valence-corrected chi connectivity index (χ3v) is 14.2. The van der Waals surface area contributed by atoms with Crippen LogP contribution in [0.1, 0.15) is 73.9 Å². The summed E-state index contributed by atoms with van der Waals surface area (Å²) >= 11 is 6.39. The summed E-state index contributed by atoms with van der Waals surface area (Å²) in [6.07, 6.45) is 10.3. The van der Waals surface area contributed by atoms with Crippen LogP contribution in [0.4, 0.5) is 5.69 Å². The third-order valence-electron chi connectivity index (χ3n) is 12.0. The molecular formula is C40H54ClN5O5S. The smallest absolute Gasteiger partial charge is 0.264 e. The Hall–Kier alpha value is -3.14. The molecule has 5 atom stereocenters. The summed E-state index contributed by atoms with van der Waals surface area (Å²) in [4.78, 5) is 20.8. The summed E-state index contributed by atoms with van der Waals surface area (Å²) in [5, 5.41) is 9.01. The van der Waals surface area contributed by atoms with Crippen molar-refractivity contribution in [3.63, 3.8) is 0 Å². The van der Waals surface area contributed by atoms with Crippen LogP contribution in [0.25, 0.3) is 0 Å². The van der Waals surface area contributed by atoms with Gasteiger partial charge >= 0.3 is 0 Å². The summed E-state index contributed by atoms with van der Waals surface area (Å²) < 4.78 is 42.7. The molecule has 1 saturated heterocycles. The number of fused-ring (bicyclic) bond motifs is 3. The van der Waals surface area contributed by atoms with E-state index in [1.54, 1.807) is 13.0 Å². The minimum atomic E-state index is -3.97. The molecule has 1 amide bonds. The summed E-state index contributed by atoms with van der Waals surface area (Å²) in [7, 11) is -2.15. The number of halogens is 1. The van der Waals surface area contributed by atoms with Crippen molar-refractivity contribution in [1.29, 1.82) is 5.26 Å². The van der Waals surface area contributed by atoms with Crippen molar-refractivity contribution in [1.82, 2.24) is 14.5 Å². The molecule has 12 heteroatoms. The Morgan fingerprint density at radius 3 is 2.56 bits per heavy atom. The van der Waals surface area contributed by atoms with Crippen LogP contribution in [-0.4, -0.2) is 94.4 Å². The normalized spacial score (nSPS) is 29.5. The molecule has 1 N–H and O–H groups in total. The number of allylic oxidation sites excluding steroid dienone is 1. The van der Waals surface area contributed by atoms with Crippen molar-refractivity contribution >= 4 is 33.2 Å². The number of hydrogen-bond acceptors (Lipinski definition) is 9. The van der Waals surface area contributed by atoms with E-state index in [2.05, 4.69) is 37.6 Å². The zero-order valence-corrected chi connectivity index (χ0v) is 32.4. The Morgan fingerprint density at radius 1 is 1.04 bits per heavy atom. The van der Waals surface area contributed by atoms with E-state index in [9.17, 15) is 13.2 Å². The number of nitrogens with zero attached hydrogens (tertiary/aromatic N) is 4. The predicted molar refractivity (Wildman–Crippen MR) is 205 cm³/mol. The number of anilines is 1. The van der Waals surface area contributed by atoms with Gasteiger partial charge in [0, 0.05) is 76.5 Å². The van der Waals surface area contributed by atoms with Gasteiger partial charge in [0.15, 0.2) is 0 Å². The van der Waals surface area contributed by atoms with Crippen molar-refractivity contribution in [2.24, 2.45) is 17.8 Å². The number of nitriles is 1. The Morgan fingerprint density at radius 2 is 1.83 bits per heavy atom. The second-order valence-electron chi connectivity index (χ2n) is 15.2. The highest BCUT2D eigenvalue weighted by Crippen LogP contribution is 2.47. The van der Waals surface area contributed by atoms with Crippen LogP contribution >= 0.6 is 11.6 Å². The topological polar surface area (TPSA) is 115 Å². The van der Waals surface area contributed by atoms with Gasteiger partial charge in [-0.15, -0.1) is 0 Å². The molecule has 0 radical (unpaired) electrons. The van der Waals surface area contributed by atoms with E-state index in [4.69, 9.17) is 26.3 Å². The molecule has 1 saturated carbocycles. The monoisotopic (exact) mass is 751 g/mol. The molecule has 1 aliphatic carbocycles. The van der Waals surface area contributed by atoms with Crippen molar-refractivity contribution < 1.29 is 22.7 Å². The molecule has 282 valence electrons. The molecule has 3 heterocycles. The number of amides is 1. The van der Waals surface area contributed by atoms with Gasteiger partial charge in [-0.05, 0) is 105 Å². The average Bonchev–Trinajstić information content (AvgIpc) is 3.15. The fourth-order valence-corrected chi connectivity index (χ4v) is 9.84. The van der Waals surface area contributed by atoms with Crippen LogP contribution in [0.3, 0.4) is 0 Å². The molecule has 2 bridgehead atoms. The van der Waals surface area contributed by atoms with Gasteiger partial charge < -0.3 is 14.4 Å². The molecule has 3 aliphatic heterocycles. The van der Waals surface area contributed by atoms with Gasteiger partial charge in [-0.3, -0.25) is 14.6 Å². The van der Waals surface area contributed by atoms with Crippen molar-refractivity contribution in [3.8, 4) is 11.8 Å². The minimum Gasteiger partial charge on any atom is -0.487 e. The van der Waals surface area contributed by atoms with E-state index in [1.807, 2.05) is 44.4 Å². The van der Waals surface area contributed by atoms with Gasteiger partial charge in [0.25, 0.3) is 5.91 Å². The van der Waals surface area contributed by atoms with Crippen LogP contribution in [0.2, 0.25) is 5.02 Å². The number of benzene rings is 2. The second kappa shape index (κ2) is 16.9. The number of nitrogens with one attached hydrogen (secondary N) is 1. The van der Waals surface area contributed by atoms with Crippen LogP contribution in [-0.2, 0) is 27.8 Å². The number of methoxy groups -OCH3 is 1. The first-order chi connectivity index (χ1) is 25.0. The number of ether oxygens (including phenoxy) is 2. The van der Waals surface area contributed by atoms with Crippen molar-refractivity contribution in [3.05, 3.63) is 70.3 Å². The number of rotatable bonds is 5. The standard InChI is InChI=1S/C40H54ClN5O5S/c1-29-8-6-16-40(50-3,28-45-22-20-44(21-23-45)18-7-17-42)36-14-11-33(36)26-46-19-5-4-9-31-24-35(41)13-10-34(31)27-51-38-15-12-32(25-37(38)46)39(47)43-52(48,49)30(29)2/h6,10,12-13,15-16,24-25,29-30,33,36H,4-5,7-9,11,14,18-23,26-28H2,1-3H3,(H,43,47)/b16-6+/t29-,30+,33-,36+,40+/m0/s1. The SMILES string of the molecule is CO[C@@]1(CN2CCN(CCC#N)CC2)/C=C/C[C@H](C)[C@@H](C)S(=O)(=O)NC(=O)c2ccc3c(c2)N(CCCCc2cc(Cl)ccc2CO3)C[C@@H]2CC[C@H]21. The van der Waals surface area contributed by atoms with E-state index in [-0.39, 0.29) is 17.4 Å². The fraction of sp³-hybridized carbons (Fsp3) is 0.600. The number of sulfonamides is 1. The Balaban J connectivity index is 1.36. The van der Waals surface area contributed by atoms with Crippen molar-refractivity contribution in [2.75, 3.05) is 64.4 Å². The molecule has 0 aromatic heterocycles. The maximum absolute atomic E-state index is 13.6. The van der Waals surface area contributed by atoms with Crippen LogP contribution < -0.4 is 14.4 Å². The first-order valence-electron chi connectivity index (χ1n) is 18.9. The Bertz CT molecular complexity index is 1760. The molecule has 6 rings (SSSR count). The van der Waals surface area contributed by atoms with Crippen LogP contribution in [0.5, 0.6) is 5.75 Å². The van der Waals surface area contributed by atoms with Crippen LogP contribution in [0.15, 0.2) is 48.6 Å². The Kier molecular flexibility index (Phi) is 12.5. The lowest BCUT2D eigenvalue weighted by Gasteiger charge is -2.52. The largest absolute Gasteiger partial charge is 0.487 e. The number of carbonyl (C=O) groups is 1. The first-order valence-corrected chi connectivity index (χ1v) is 20.8. The zero-order valence-electron chi connectivity index (χ0n) is 30.9. The maximum atomic E-state index is 13.6. The van der Waals surface area contributed by atoms with E-state index < -0.39 is 26.8 Å². The first kappa shape index (κ1) is 38.6. The number of piperazine rings is 1. The molecule has 2 aromatic carbocycles. The summed E-state index contributed by atoms with van der Waals surface area (Å²) in [5.74, 6) is 0.367. The highest BCUT2D eigenvalue weighted by Gasteiger charge is 2.48. The predicted octanol–water partition coefficient (Wildman–Crippen LogP) is 6.05. The average molecular weight is 752 g/mol. The van der Waals surface area contributed by atoms with Gasteiger partial charge in [0.05, 0.1) is 17.0 Å². The second-order valence-corrected chi connectivity index (χ2v) is 17.7. The van der Waals surface area contributed by atoms with E-state index in [0.717, 1.165) is 95.7 Å². The van der Waals surface area contributed by atoms with E-state index >= 15 is 0 Å². The lowest BCUT2D eigenvalue weighted by atomic mass is 9.63. The molecule has 4 aliphatic rings. The van der Waals surface area contributed by atoms with Gasteiger partial charge in [-0.2, -0.15) is 5.26 Å². The highest BCUT2D eigenvalue weighted by atomic mass is 35.5. The molecule has 52 heavy (non-hydrogen) atoms. The quantitative estimate of drug-likeness (QED) is 0.365. The maximum Gasteiger partial charge on any atom is 0.264 e. The van der Waals surface area contributed by atoms with Gasteiger partial charge in [0.1, 0.15) is 18.0 Å². The van der Waals surface area contributed by atoms with Gasteiger partial charge in [-0.1, -0.05) is 36.7 Å². The van der Waals surface area contributed by atoms with E-state index in [0.29, 0.717) is 36.1 Å². The van der Waals surface area contributed by atoms with Crippen LogP contribution in [0, 0.1) is 29.1 Å². The molecule has 2 fully saturated rings. The number of aryl methyl sites for hydroxylation is 1. The summed E-state index contributed by atoms with van der Waals surface area (Å²) in [5.41, 5.74) is 2.79. The molecule has 2 aromatic rings. The molecular weight excluding hydrogens is 698 g/mol. The van der Waals surface area contributed by atoms with Gasteiger partial charge in [-0.25, -0.2) is 13.1 Å². The third kappa shape index (κ3) is 8.79. The summed E-state index contributed by atoms with van der Waals surface area (Å²) in [6, 6.07) is 13.5. The molecule has 0 spiro atoms. The lowest BCUT2D eigenvalue weighted by molar-refractivity contribution is -0.0953. The van der Waals surface area contributed by atoms with Gasteiger partial charge in [0.2, 0.25) is 10.0 Å². The lowest BCUT2D eigenvalue weighted by Crippen LogP contribution is -2.58. The molecule has 10 nitrogen and oxygen atoms in total. The summed E-state index contributed by atoms with van der Waals surface area (Å²) in [6.45, 7) is 10.7. The highest BCUT2D eigenvalue weighted by molar-refractivity contribution is 7.90. The molecule has 0 unspecified atom stereocenters. The van der Waals surface area contributed by atoms with E-state index in [1.165, 1.54) is 5.56 Å². The minimum absolute atomic E-state index is 0.237. The Labute approximate surface area is 315 Å². The van der Waals surface area contributed by atoms with Crippen molar-refractivity contribution in [2.45, 2.75) is 76.3 Å².